The topological polar surface area (TPSA) is 96.4 Å². The van der Waals surface area contributed by atoms with Crippen LogP contribution in [0.1, 0.15) is 16.8 Å². The van der Waals surface area contributed by atoms with E-state index in [1.54, 1.807) is 19.2 Å². The second-order valence-electron chi connectivity index (χ2n) is 6.06. The minimum atomic E-state index is -0.212. The fourth-order valence-corrected chi connectivity index (χ4v) is 2.99. The molecule has 0 bridgehead atoms. The molecule has 134 valence electrons. The number of H-pyrrole nitrogens is 1. The summed E-state index contributed by atoms with van der Waals surface area (Å²) in [7, 11) is 1.61. The highest BCUT2D eigenvalue weighted by Crippen LogP contribution is 2.30. The Bertz CT molecular complexity index is 1120. The summed E-state index contributed by atoms with van der Waals surface area (Å²) in [4.78, 5) is 3.23. The summed E-state index contributed by atoms with van der Waals surface area (Å²) in [6.07, 6.45) is 0.645. The summed E-state index contributed by atoms with van der Waals surface area (Å²) in [5.41, 5.74) is 4.13. The van der Waals surface area contributed by atoms with Crippen LogP contribution in [-0.2, 0) is 6.42 Å². The van der Waals surface area contributed by atoms with E-state index in [-0.39, 0.29) is 11.1 Å². The van der Waals surface area contributed by atoms with Crippen molar-refractivity contribution in [1.82, 2.24) is 4.98 Å². The highest BCUT2D eigenvalue weighted by atomic mass is 16.5. The zero-order valence-corrected chi connectivity index (χ0v) is 15.2. The van der Waals surface area contributed by atoms with Crippen LogP contribution in [-0.4, -0.2) is 12.1 Å². The van der Waals surface area contributed by atoms with E-state index in [2.05, 4.69) is 4.98 Å². The molecule has 0 saturated heterocycles. The first-order valence-electron chi connectivity index (χ1n) is 8.55. The van der Waals surface area contributed by atoms with Gasteiger partial charge in [-0.1, -0.05) is 30.3 Å². The molecule has 3 rings (SSSR count). The standard InChI is InChI=1S/C23H16N4O/c1-28-20-9-7-17(8-10-20)23-18(11-16-5-3-2-4-6-16)12-22(27-23)21(15-26)19(13-24)14-25/h2-10,12,27H,11H2,1H3. The summed E-state index contributed by atoms with van der Waals surface area (Å²) in [6, 6.07) is 24.9. The molecule has 0 atom stereocenters. The van der Waals surface area contributed by atoms with Crippen molar-refractivity contribution < 1.29 is 4.74 Å². The van der Waals surface area contributed by atoms with E-state index >= 15 is 0 Å². The Hall–Kier alpha value is -4.27. The Balaban J connectivity index is 2.15. The summed E-state index contributed by atoms with van der Waals surface area (Å²) < 4.78 is 5.22. The van der Waals surface area contributed by atoms with E-state index in [0.717, 1.165) is 28.1 Å². The molecule has 0 unspecified atom stereocenters. The number of nitriles is 3. The maximum Gasteiger partial charge on any atom is 0.149 e. The third-order valence-electron chi connectivity index (χ3n) is 4.37. The predicted molar refractivity (Wildman–Crippen MR) is 106 cm³/mol. The van der Waals surface area contributed by atoms with Gasteiger partial charge in [-0.2, -0.15) is 15.8 Å². The fourth-order valence-electron chi connectivity index (χ4n) is 2.99. The van der Waals surface area contributed by atoms with Gasteiger partial charge in [-0.25, -0.2) is 0 Å². The number of rotatable bonds is 5. The Kier molecular flexibility index (Phi) is 5.56. The van der Waals surface area contributed by atoms with Crippen molar-refractivity contribution in [2.45, 2.75) is 6.42 Å². The van der Waals surface area contributed by atoms with Gasteiger partial charge in [0.1, 0.15) is 35.1 Å². The molecule has 0 saturated carbocycles. The number of nitrogens with zero attached hydrogens (tertiary/aromatic N) is 3. The molecule has 0 spiro atoms. The molecule has 0 aliphatic rings. The molecule has 2 aromatic carbocycles. The average molecular weight is 364 g/mol. The number of ether oxygens (including phenoxy) is 1. The van der Waals surface area contributed by atoms with Crippen LogP contribution in [0.2, 0.25) is 0 Å². The van der Waals surface area contributed by atoms with E-state index < -0.39 is 0 Å². The van der Waals surface area contributed by atoms with Gasteiger partial charge in [-0.05, 0) is 53.4 Å². The molecule has 1 aromatic heterocycles. The summed E-state index contributed by atoms with van der Waals surface area (Å²) in [6.45, 7) is 0. The number of aromatic amines is 1. The number of benzene rings is 2. The van der Waals surface area contributed by atoms with Crippen LogP contribution >= 0.6 is 0 Å². The number of hydrogen-bond donors (Lipinski definition) is 1. The van der Waals surface area contributed by atoms with Crippen LogP contribution in [0.5, 0.6) is 5.75 Å². The molecule has 5 nitrogen and oxygen atoms in total. The number of allylic oxidation sites excluding steroid dienone is 2. The second kappa shape index (κ2) is 8.41. The van der Waals surface area contributed by atoms with E-state index in [1.807, 2.05) is 66.7 Å². The molecule has 5 heteroatoms. The van der Waals surface area contributed by atoms with Gasteiger partial charge in [-0.3, -0.25) is 0 Å². The lowest BCUT2D eigenvalue weighted by Gasteiger charge is -2.06. The lowest BCUT2D eigenvalue weighted by atomic mass is 10.0. The minimum Gasteiger partial charge on any atom is -0.497 e. The Labute approximate surface area is 163 Å². The van der Waals surface area contributed by atoms with Gasteiger partial charge in [0.15, 0.2) is 0 Å². The average Bonchev–Trinajstić information content (AvgIpc) is 3.15. The molecule has 1 N–H and O–H groups in total. The zero-order chi connectivity index (χ0) is 19.9. The first-order chi connectivity index (χ1) is 13.7. The van der Waals surface area contributed by atoms with Gasteiger partial charge in [-0.15, -0.1) is 0 Å². The van der Waals surface area contributed by atoms with Gasteiger partial charge in [0.25, 0.3) is 0 Å². The van der Waals surface area contributed by atoms with Crippen molar-refractivity contribution in [3.8, 4) is 35.2 Å². The van der Waals surface area contributed by atoms with E-state index in [1.165, 1.54) is 0 Å². The van der Waals surface area contributed by atoms with Crippen LogP contribution in [0.4, 0.5) is 0 Å². The molecule has 0 amide bonds. The van der Waals surface area contributed by atoms with Crippen LogP contribution in [0.3, 0.4) is 0 Å². The first kappa shape index (κ1) is 18.5. The highest BCUT2D eigenvalue weighted by Gasteiger charge is 2.16. The molecule has 0 fully saturated rings. The van der Waals surface area contributed by atoms with E-state index in [4.69, 9.17) is 15.3 Å². The molecular weight excluding hydrogens is 348 g/mol. The third kappa shape index (κ3) is 3.78. The molecule has 1 heterocycles. The lowest BCUT2D eigenvalue weighted by molar-refractivity contribution is 0.415. The maximum atomic E-state index is 9.49. The molecule has 0 aliphatic heterocycles. The number of nitrogens with one attached hydrogen (secondary N) is 1. The lowest BCUT2D eigenvalue weighted by Crippen LogP contribution is -1.90. The van der Waals surface area contributed by atoms with Crippen molar-refractivity contribution in [3.05, 3.63) is 83.1 Å². The van der Waals surface area contributed by atoms with Crippen LogP contribution in [0.25, 0.3) is 16.8 Å². The second-order valence-corrected chi connectivity index (χ2v) is 6.06. The van der Waals surface area contributed by atoms with Gasteiger partial charge >= 0.3 is 0 Å². The van der Waals surface area contributed by atoms with Crippen LogP contribution in [0.15, 0.2) is 66.2 Å². The van der Waals surface area contributed by atoms with Crippen LogP contribution in [0, 0.1) is 34.0 Å². The van der Waals surface area contributed by atoms with Crippen LogP contribution < -0.4 is 4.74 Å². The van der Waals surface area contributed by atoms with Crippen molar-refractivity contribution in [1.29, 1.82) is 15.8 Å². The summed E-state index contributed by atoms with van der Waals surface area (Å²) >= 11 is 0. The number of aromatic nitrogens is 1. The fraction of sp³-hybridized carbons (Fsp3) is 0.0870. The molecular formula is C23H16N4O. The Morgan fingerprint density at radius 2 is 1.61 bits per heavy atom. The van der Waals surface area contributed by atoms with Gasteiger partial charge in [0.05, 0.1) is 12.8 Å². The number of methoxy groups -OCH3 is 1. The maximum absolute atomic E-state index is 9.49. The Morgan fingerprint density at radius 3 is 2.18 bits per heavy atom. The molecule has 3 aromatic rings. The monoisotopic (exact) mass is 364 g/mol. The van der Waals surface area contributed by atoms with Crippen molar-refractivity contribution in [3.63, 3.8) is 0 Å². The largest absolute Gasteiger partial charge is 0.497 e. The first-order valence-corrected chi connectivity index (χ1v) is 8.55. The predicted octanol–water partition coefficient (Wildman–Crippen LogP) is 4.61. The SMILES string of the molecule is COc1ccc(-c2[nH]c(C(C#N)=C(C#N)C#N)cc2Cc2ccccc2)cc1. The third-order valence-corrected chi connectivity index (χ3v) is 4.37. The molecule has 0 radical (unpaired) electrons. The van der Waals surface area contributed by atoms with Crippen molar-refractivity contribution in [2.24, 2.45) is 0 Å². The summed E-state index contributed by atoms with van der Waals surface area (Å²) in [5, 5.41) is 27.8. The normalized spacial score (nSPS) is 9.64. The van der Waals surface area contributed by atoms with Crippen molar-refractivity contribution in [2.75, 3.05) is 7.11 Å². The smallest absolute Gasteiger partial charge is 0.149 e. The summed E-state index contributed by atoms with van der Waals surface area (Å²) in [5.74, 6) is 0.744. The number of hydrogen-bond acceptors (Lipinski definition) is 4. The Morgan fingerprint density at radius 1 is 0.929 bits per heavy atom. The van der Waals surface area contributed by atoms with Gasteiger partial charge in [0, 0.05) is 5.69 Å². The highest BCUT2D eigenvalue weighted by molar-refractivity contribution is 5.85. The molecule has 0 aliphatic carbocycles. The van der Waals surface area contributed by atoms with E-state index in [0.29, 0.717) is 12.1 Å². The van der Waals surface area contributed by atoms with Crippen molar-refractivity contribution >= 4 is 5.57 Å². The quantitative estimate of drug-likeness (QED) is 0.669. The molecule has 28 heavy (non-hydrogen) atoms. The minimum absolute atomic E-state index is 0.0408. The van der Waals surface area contributed by atoms with Gasteiger partial charge < -0.3 is 9.72 Å². The zero-order valence-electron chi connectivity index (χ0n) is 15.2. The van der Waals surface area contributed by atoms with Gasteiger partial charge in [0.2, 0.25) is 0 Å². The van der Waals surface area contributed by atoms with E-state index in [9.17, 15) is 5.26 Å².